The maximum absolute atomic E-state index is 6.27. The van der Waals surface area contributed by atoms with Gasteiger partial charge in [0.15, 0.2) is 5.65 Å². The Hall–Kier alpha value is -4.33. The predicted molar refractivity (Wildman–Crippen MR) is 123 cm³/mol. The molecule has 0 atom stereocenters. The Bertz CT molecular complexity index is 1360. The molecule has 32 heavy (non-hydrogen) atoms. The van der Waals surface area contributed by atoms with E-state index in [4.69, 9.17) is 15.2 Å². The first-order valence-electron chi connectivity index (χ1n) is 10.2. The fraction of sp³-hybridized carbons (Fsp3) is 0.125. The molecule has 8 heteroatoms. The highest BCUT2D eigenvalue weighted by atomic mass is 16.5. The first kappa shape index (κ1) is 19.6. The number of nitrogen functional groups attached to an aromatic ring is 1. The second-order valence-electron chi connectivity index (χ2n) is 7.25. The predicted octanol–water partition coefficient (Wildman–Crippen LogP) is 3.95. The third kappa shape index (κ3) is 3.74. The van der Waals surface area contributed by atoms with Gasteiger partial charge < -0.3 is 24.3 Å². The molecular formula is C24H22N6O2. The van der Waals surface area contributed by atoms with Crippen molar-refractivity contribution in [2.45, 2.75) is 6.54 Å². The monoisotopic (exact) mass is 426 g/mol. The van der Waals surface area contributed by atoms with Crippen LogP contribution in [0.3, 0.4) is 0 Å². The summed E-state index contributed by atoms with van der Waals surface area (Å²) in [6.07, 6.45) is 8.95. The van der Waals surface area contributed by atoms with Crippen molar-refractivity contribution in [3.63, 3.8) is 0 Å². The minimum Gasteiger partial charge on any atom is -0.497 e. The standard InChI is InChI=1S/C24H22N6O2/c1-31-19-6-2-4-17(12-19)21-14-30(24-22(21)23(25)27-15-28-24)18-5-3-7-20(13-18)32-11-10-29-9-8-26-16-29/h2-9,12-16H,10-11H2,1H3,(H2,25,27,28). The molecule has 0 bridgehead atoms. The number of aromatic nitrogens is 5. The molecule has 5 aromatic rings. The summed E-state index contributed by atoms with van der Waals surface area (Å²) < 4.78 is 15.3. The van der Waals surface area contributed by atoms with Crippen molar-refractivity contribution < 1.29 is 9.47 Å². The van der Waals surface area contributed by atoms with Crippen molar-refractivity contribution in [2.75, 3.05) is 19.5 Å². The van der Waals surface area contributed by atoms with Gasteiger partial charge >= 0.3 is 0 Å². The van der Waals surface area contributed by atoms with Gasteiger partial charge in [0.25, 0.3) is 0 Å². The van der Waals surface area contributed by atoms with Crippen molar-refractivity contribution in [3.8, 4) is 28.3 Å². The Morgan fingerprint density at radius 1 is 1.03 bits per heavy atom. The third-order valence-corrected chi connectivity index (χ3v) is 5.27. The smallest absolute Gasteiger partial charge is 0.150 e. The Morgan fingerprint density at radius 2 is 1.91 bits per heavy atom. The minimum absolute atomic E-state index is 0.430. The number of benzene rings is 2. The lowest BCUT2D eigenvalue weighted by molar-refractivity contribution is 0.298. The number of nitrogens with two attached hydrogens (primary N) is 1. The van der Waals surface area contributed by atoms with Crippen molar-refractivity contribution >= 4 is 16.9 Å². The molecule has 3 aromatic heterocycles. The molecule has 0 aliphatic rings. The molecule has 0 aliphatic heterocycles. The second-order valence-corrected chi connectivity index (χ2v) is 7.25. The number of fused-ring (bicyclic) bond motifs is 1. The van der Waals surface area contributed by atoms with Crippen LogP contribution < -0.4 is 15.2 Å². The van der Waals surface area contributed by atoms with Crippen LogP contribution in [-0.2, 0) is 6.54 Å². The van der Waals surface area contributed by atoms with Crippen molar-refractivity contribution in [2.24, 2.45) is 0 Å². The van der Waals surface area contributed by atoms with E-state index in [1.54, 1.807) is 19.6 Å². The molecule has 0 unspecified atom stereocenters. The Labute approximate surface area is 184 Å². The Kier molecular flexibility index (Phi) is 5.17. The summed E-state index contributed by atoms with van der Waals surface area (Å²) in [6, 6.07) is 15.7. The fourth-order valence-corrected chi connectivity index (χ4v) is 3.70. The van der Waals surface area contributed by atoms with Crippen LogP contribution in [0.2, 0.25) is 0 Å². The van der Waals surface area contributed by atoms with Gasteiger partial charge in [0.05, 0.1) is 31.1 Å². The fourth-order valence-electron chi connectivity index (χ4n) is 3.70. The van der Waals surface area contributed by atoms with Crippen LogP contribution in [0.15, 0.2) is 79.8 Å². The second kappa shape index (κ2) is 8.43. The molecule has 8 nitrogen and oxygen atoms in total. The van der Waals surface area contributed by atoms with E-state index in [0.29, 0.717) is 12.4 Å². The molecule has 5 rings (SSSR count). The summed E-state index contributed by atoms with van der Waals surface area (Å²) in [4.78, 5) is 12.8. The van der Waals surface area contributed by atoms with E-state index >= 15 is 0 Å². The van der Waals surface area contributed by atoms with Gasteiger partial charge in [-0.25, -0.2) is 15.0 Å². The Balaban J connectivity index is 1.52. The molecule has 0 saturated heterocycles. The highest BCUT2D eigenvalue weighted by molar-refractivity contribution is 6.01. The topological polar surface area (TPSA) is 93.0 Å². The summed E-state index contributed by atoms with van der Waals surface area (Å²) in [5.74, 6) is 1.97. The molecular weight excluding hydrogens is 404 g/mol. The van der Waals surface area contributed by atoms with Crippen LogP contribution in [0.25, 0.3) is 27.8 Å². The number of nitrogens with zero attached hydrogens (tertiary/aromatic N) is 5. The molecule has 2 aromatic carbocycles. The first-order chi connectivity index (χ1) is 15.7. The van der Waals surface area contributed by atoms with Crippen molar-refractivity contribution in [3.05, 3.63) is 79.8 Å². The maximum Gasteiger partial charge on any atom is 0.150 e. The number of anilines is 1. The van der Waals surface area contributed by atoms with Crippen LogP contribution in [0.4, 0.5) is 5.82 Å². The van der Waals surface area contributed by atoms with Crippen molar-refractivity contribution in [1.29, 1.82) is 0 Å². The lowest BCUT2D eigenvalue weighted by Gasteiger charge is -2.10. The van der Waals surface area contributed by atoms with Crippen LogP contribution >= 0.6 is 0 Å². The number of hydrogen-bond acceptors (Lipinski definition) is 6. The van der Waals surface area contributed by atoms with Gasteiger partial charge in [-0.2, -0.15) is 0 Å². The summed E-state index contributed by atoms with van der Waals surface area (Å²) in [6.45, 7) is 1.26. The average Bonchev–Trinajstić information content (AvgIpc) is 3.48. The highest BCUT2D eigenvalue weighted by Crippen LogP contribution is 2.35. The van der Waals surface area contributed by atoms with E-state index in [9.17, 15) is 0 Å². The molecule has 0 radical (unpaired) electrons. The molecule has 160 valence electrons. The van der Waals surface area contributed by atoms with Crippen LogP contribution in [0, 0.1) is 0 Å². The van der Waals surface area contributed by atoms with E-state index in [0.717, 1.165) is 45.9 Å². The van der Waals surface area contributed by atoms with Gasteiger partial charge in [0.1, 0.15) is 30.3 Å². The van der Waals surface area contributed by atoms with Gasteiger partial charge in [-0.3, -0.25) is 0 Å². The van der Waals surface area contributed by atoms with Gasteiger partial charge in [-0.15, -0.1) is 0 Å². The molecule has 0 amide bonds. The Morgan fingerprint density at radius 3 is 2.75 bits per heavy atom. The third-order valence-electron chi connectivity index (χ3n) is 5.27. The quantitative estimate of drug-likeness (QED) is 0.424. The van der Waals surface area contributed by atoms with Crippen LogP contribution in [0.5, 0.6) is 11.5 Å². The summed E-state index contributed by atoms with van der Waals surface area (Å²) in [5.41, 5.74) is 9.83. The summed E-state index contributed by atoms with van der Waals surface area (Å²) >= 11 is 0. The number of ether oxygens (including phenoxy) is 2. The normalized spacial score (nSPS) is 11.0. The molecule has 0 aliphatic carbocycles. The molecule has 0 saturated carbocycles. The number of imidazole rings is 1. The van der Waals surface area contributed by atoms with Crippen LogP contribution in [0.1, 0.15) is 0 Å². The van der Waals surface area contributed by atoms with E-state index < -0.39 is 0 Å². The highest BCUT2D eigenvalue weighted by Gasteiger charge is 2.16. The zero-order chi connectivity index (χ0) is 21.9. The molecule has 0 fully saturated rings. The summed E-state index contributed by atoms with van der Waals surface area (Å²) in [5, 5.41) is 0.798. The SMILES string of the molecule is COc1cccc(-c2cn(-c3cccc(OCCn4ccnc4)c3)c3ncnc(N)c23)c1. The minimum atomic E-state index is 0.430. The van der Waals surface area contributed by atoms with Crippen molar-refractivity contribution in [1.82, 2.24) is 24.1 Å². The van der Waals surface area contributed by atoms with Gasteiger partial charge in [-0.05, 0) is 29.8 Å². The van der Waals surface area contributed by atoms with Gasteiger partial charge in [-0.1, -0.05) is 18.2 Å². The van der Waals surface area contributed by atoms with E-state index in [-0.39, 0.29) is 0 Å². The molecule has 2 N–H and O–H groups in total. The average molecular weight is 426 g/mol. The maximum atomic E-state index is 6.27. The number of hydrogen-bond donors (Lipinski definition) is 1. The van der Waals surface area contributed by atoms with Crippen LogP contribution in [-0.4, -0.2) is 37.8 Å². The molecule has 0 spiro atoms. The zero-order valence-electron chi connectivity index (χ0n) is 17.5. The largest absolute Gasteiger partial charge is 0.497 e. The zero-order valence-corrected chi connectivity index (χ0v) is 17.5. The number of rotatable bonds is 7. The molecule has 3 heterocycles. The lowest BCUT2D eigenvalue weighted by atomic mass is 10.1. The van der Waals surface area contributed by atoms with E-state index in [2.05, 4.69) is 15.0 Å². The summed E-state index contributed by atoms with van der Waals surface area (Å²) in [7, 11) is 1.65. The van der Waals surface area contributed by atoms with Gasteiger partial charge in [0, 0.05) is 30.2 Å². The van der Waals surface area contributed by atoms with Gasteiger partial charge in [0.2, 0.25) is 0 Å². The lowest BCUT2D eigenvalue weighted by Crippen LogP contribution is -2.06. The number of methoxy groups -OCH3 is 1. The van der Waals surface area contributed by atoms with E-state index in [1.807, 2.05) is 70.1 Å². The van der Waals surface area contributed by atoms with E-state index in [1.165, 1.54) is 6.33 Å². The first-order valence-corrected chi connectivity index (χ1v) is 10.2.